The Morgan fingerprint density at radius 3 is 1.67 bits per heavy atom. The Morgan fingerprint density at radius 2 is 1.11 bits per heavy atom. The number of hydrogen-bond donors (Lipinski definition) is 0. The van der Waals surface area contributed by atoms with Gasteiger partial charge in [0.2, 0.25) is 0 Å². The Balaban J connectivity index is 1.58. The summed E-state index contributed by atoms with van der Waals surface area (Å²) in [4.78, 5) is 0. The standard InChI is InChI=1S/C43H46OSi/c1-27-25-37(42(34-19-13-10-14-20-34)35-21-15-11-16-22-35)38(44-36-23-17-12-18-24-36)26-39(27)45(8,9)43-33(7)32(6)40-30(4)28(2)29(3)31(5)41(40)43/h10-26,42-43H,1-9H3. The molecule has 0 heterocycles. The minimum atomic E-state index is -2.14. The fourth-order valence-corrected chi connectivity index (χ4v) is 12.3. The summed E-state index contributed by atoms with van der Waals surface area (Å²) in [7, 11) is -2.14. The first kappa shape index (κ1) is 30.9. The molecule has 0 bridgehead atoms. The van der Waals surface area contributed by atoms with Crippen molar-refractivity contribution in [3.8, 4) is 11.5 Å². The van der Waals surface area contributed by atoms with E-state index in [4.69, 9.17) is 4.74 Å². The third-order valence-corrected chi connectivity index (χ3v) is 14.8. The lowest BCUT2D eigenvalue weighted by Gasteiger charge is -2.36. The van der Waals surface area contributed by atoms with E-state index in [9.17, 15) is 0 Å². The quantitative estimate of drug-likeness (QED) is 0.132. The topological polar surface area (TPSA) is 9.23 Å². The smallest absolute Gasteiger partial charge is 0.131 e. The van der Waals surface area contributed by atoms with Crippen LogP contribution in [-0.4, -0.2) is 8.07 Å². The van der Waals surface area contributed by atoms with Crippen molar-refractivity contribution in [1.29, 1.82) is 0 Å². The van der Waals surface area contributed by atoms with Crippen LogP contribution in [0, 0.1) is 34.6 Å². The number of benzene rings is 5. The van der Waals surface area contributed by atoms with E-state index < -0.39 is 8.07 Å². The Morgan fingerprint density at radius 1 is 0.600 bits per heavy atom. The van der Waals surface area contributed by atoms with E-state index in [0.29, 0.717) is 5.54 Å². The highest BCUT2D eigenvalue weighted by Crippen LogP contribution is 2.51. The summed E-state index contributed by atoms with van der Waals surface area (Å²) in [5.41, 5.74) is 17.4. The Hall–Kier alpha value is -4.14. The van der Waals surface area contributed by atoms with E-state index in [1.54, 1.807) is 11.1 Å². The predicted octanol–water partition coefficient (Wildman–Crippen LogP) is 11.2. The van der Waals surface area contributed by atoms with E-state index in [0.717, 1.165) is 11.5 Å². The summed E-state index contributed by atoms with van der Waals surface area (Å²) in [5, 5.41) is 1.47. The van der Waals surface area contributed by atoms with Crippen molar-refractivity contribution < 1.29 is 4.74 Å². The molecule has 2 heteroatoms. The maximum Gasteiger partial charge on any atom is 0.131 e. The van der Waals surface area contributed by atoms with Gasteiger partial charge in [0, 0.05) is 17.0 Å². The van der Waals surface area contributed by atoms with Crippen LogP contribution >= 0.6 is 0 Å². The van der Waals surface area contributed by atoms with Crippen LogP contribution in [0.4, 0.5) is 0 Å². The molecule has 0 spiro atoms. The van der Waals surface area contributed by atoms with Gasteiger partial charge in [-0.2, -0.15) is 0 Å². The molecule has 5 aromatic carbocycles. The van der Waals surface area contributed by atoms with Crippen LogP contribution in [0.5, 0.6) is 11.5 Å². The highest BCUT2D eigenvalue weighted by atomic mass is 28.3. The molecule has 0 N–H and O–H groups in total. The normalized spacial score (nSPS) is 14.7. The summed E-state index contributed by atoms with van der Waals surface area (Å²) in [6.45, 7) is 21.5. The summed E-state index contributed by atoms with van der Waals surface area (Å²) in [5.74, 6) is 1.86. The highest BCUT2D eigenvalue weighted by Gasteiger charge is 2.44. The predicted molar refractivity (Wildman–Crippen MR) is 195 cm³/mol. The first-order chi connectivity index (χ1) is 21.5. The van der Waals surface area contributed by atoms with Crippen LogP contribution in [0.25, 0.3) is 5.57 Å². The van der Waals surface area contributed by atoms with E-state index in [1.165, 1.54) is 60.8 Å². The zero-order valence-corrected chi connectivity index (χ0v) is 29.4. The average Bonchev–Trinajstić information content (AvgIpc) is 3.32. The van der Waals surface area contributed by atoms with Crippen LogP contribution in [0.15, 0.2) is 109 Å². The minimum Gasteiger partial charge on any atom is -0.457 e. The van der Waals surface area contributed by atoms with Crippen molar-refractivity contribution in [2.45, 2.75) is 73.0 Å². The molecule has 1 nitrogen and oxygen atoms in total. The number of allylic oxidation sites excluding steroid dienone is 2. The van der Waals surface area contributed by atoms with Crippen LogP contribution in [-0.2, 0) is 0 Å². The lowest BCUT2D eigenvalue weighted by molar-refractivity contribution is 0.475. The number of fused-ring (bicyclic) bond motifs is 1. The summed E-state index contributed by atoms with van der Waals surface area (Å²) >= 11 is 0. The largest absolute Gasteiger partial charge is 0.457 e. The van der Waals surface area contributed by atoms with E-state index in [1.807, 2.05) is 6.07 Å². The second-order valence-electron chi connectivity index (χ2n) is 13.6. The lowest BCUT2D eigenvalue weighted by Crippen LogP contribution is -2.49. The molecule has 0 amide bonds. The fraction of sp³-hybridized carbons (Fsp3) is 0.256. The van der Waals surface area contributed by atoms with Crippen LogP contribution < -0.4 is 9.92 Å². The van der Waals surface area contributed by atoms with Crippen LogP contribution in [0.2, 0.25) is 13.1 Å². The van der Waals surface area contributed by atoms with E-state index in [-0.39, 0.29) is 5.92 Å². The van der Waals surface area contributed by atoms with Crippen molar-refractivity contribution in [3.63, 3.8) is 0 Å². The third kappa shape index (κ3) is 5.30. The molecule has 0 fully saturated rings. The number of rotatable bonds is 7. The van der Waals surface area contributed by atoms with Gasteiger partial charge in [0.05, 0.1) is 8.07 Å². The average molecular weight is 607 g/mol. The second kappa shape index (κ2) is 12.0. The SMILES string of the molecule is CC1=C(C)C([Si](C)(C)c2cc(Oc3ccccc3)c(C(c3ccccc3)c3ccccc3)cc2C)c2c(C)c(C)c(C)c(C)c21. The molecule has 0 aromatic heterocycles. The maximum absolute atomic E-state index is 6.89. The molecule has 0 radical (unpaired) electrons. The summed E-state index contributed by atoms with van der Waals surface area (Å²) < 4.78 is 6.89. The summed E-state index contributed by atoms with van der Waals surface area (Å²) in [6.07, 6.45) is 0. The molecule has 1 unspecified atom stereocenters. The van der Waals surface area contributed by atoms with Crippen LogP contribution in [0.1, 0.15) is 80.9 Å². The van der Waals surface area contributed by atoms with Crippen molar-refractivity contribution in [2.24, 2.45) is 0 Å². The van der Waals surface area contributed by atoms with Gasteiger partial charge in [-0.1, -0.05) is 114 Å². The highest BCUT2D eigenvalue weighted by molar-refractivity contribution is 6.92. The molecule has 0 saturated carbocycles. The number of ether oxygens (including phenoxy) is 1. The molecular weight excluding hydrogens is 561 g/mol. The molecule has 5 aromatic rings. The van der Waals surface area contributed by atoms with Gasteiger partial charge in [-0.05, 0) is 117 Å². The fourth-order valence-electron chi connectivity index (χ4n) is 8.05. The molecule has 1 aliphatic rings. The molecule has 45 heavy (non-hydrogen) atoms. The van der Waals surface area contributed by atoms with Crippen molar-refractivity contribution in [3.05, 3.63) is 164 Å². The molecule has 1 aliphatic carbocycles. The van der Waals surface area contributed by atoms with Gasteiger partial charge < -0.3 is 4.74 Å². The first-order valence-electron chi connectivity index (χ1n) is 16.3. The Labute approximate surface area is 271 Å². The van der Waals surface area contributed by atoms with Crippen molar-refractivity contribution in [2.75, 3.05) is 0 Å². The molecule has 228 valence electrons. The monoisotopic (exact) mass is 606 g/mol. The lowest BCUT2D eigenvalue weighted by atomic mass is 9.84. The van der Waals surface area contributed by atoms with E-state index in [2.05, 4.69) is 159 Å². The molecule has 0 aliphatic heterocycles. The van der Waals surface area contributed by atoms with Gasteiger partial charge >= 0.3 is 0 Å². The maximum atomic E-state index is 6.89. The zero-order chi connectivity index (χ0) is 32.0. The number of para-hydroxylation sites is 1. The van der Waals surface area contributed by atoms with Gasteiger partial charge in [0.25, 0.3) is 0 Å². The minimum absolute atomic E-state index is 0.0512. The van der Waals surface area contributed by atoms with Gasteiger partial charge in [-0.3, -0.25) is 0 Å². The van der Waals surface area contributed by atoms with Crippen molar-refractivity contribution >= 4 is 18.8 Å². The second-order valence-corrected chi connectivity index (χ2v) is 18.2. The third-order valence-electron chi connectivity index (χ3n) is 10.7. The zero-order valence-electron chi connectivity index (χ0n) is 28.4. The molecule has 6 rings (SSSR count). The van der Waals surface area contributed by atoms with Gasteiger partial charge in [-0.15, -0.1) is 0 Å². The number of aryl methyl sites for hydroxylation is 1. The van der Waals surface area contributed by atoms with E-state index >= 15 is 0 Å². The van der Waals surface area contributed by atoms with Gasteiger partial charge in [0.1, 0.15) is 11.5 Å². The first-order valence-corrected chi connectivity index (χ1v) is 19.4. The molecule has 0 saturated heterocycles. The van der Waals surface area contributed by atoms with Crippen LogP contribution in [0.3, 0.4) is 0 Å². The van der Waals surface area contributed by atoms with Gasteiger partial charge in [0.15, 0.2) is 0 Å². The van der Waals surface area contributed by atoms with Crippen molar-refractivity contribution in [1.82, 2.24) is 0 Å². The van der Waals surface area contributed by atoms with Gasteiger partial charge in [-0.25, -0.2) is 0 Å². The Kier molecular flexibility index (Phi) is 8.22. The Bertz CT molecular complexity index is 1860. The molecular formula is C43H46OSi. The number of hydrogen-bond acceptors (Lipinski definition) is 1. The molecule has 1 atom stereocenters. The summed E-state index contributed by atoms with van der Waals surface area (Å²) in [6, 6.07) is 36.9.